The molecule has 0 heterocycles. The van der Waals surface area contributed by atoms with E-state index in [4.69, 9.17) is 4.55 Å². The Kier molecular flexibility index (Phi) is 6.84. The zero-order chi connectivity index (χ0) is 21.1. The number of anilines is 1. The molecule has 0 fully saturated rings. The molecule has 0 spiro atoms. The maximum atomic E-state index is 12.4. The first-order valence-corrected chi connectivity index (χ1v) is 10.3. The molecule has 4 nitrogen and oxygen atoms in total. The molecule has 2 aromatic carbocycles. The Balaban J connectivity index is 2.17. The van der Waals surface area contributed by atoms with Crippen molar-refractivity contribution in [2.45, 2.75) is 70.1 Å². The van der Waals surface area contributed by atoms with Crippen LogP contribution in [0.25, 0.3) is 0 Å². The summed E-state index contributed by atoms with van der Waals surface area (Å²) in [4.78, 5) is 13.1. The van der Waals surface area contributed by atoms with Crippen molar-refractivity contribution in [2.24, 2.45) is 0 Å². The van der Waals surface area contributed by atoms with Gasteiger partial charge in [-0.25, -0.2) is 0 Å². The minimum Gasteiger partial charge on any atom is -0.507 e. The van der Waals surface area contributed by atoms with Gasteiger partial charge in [0.2, 0.25) is 5.91 Å². The molecule has 0 atom stereocenters. The second kappa shape index (κ2) is 8.58. The third kappa shape index (κ3) is 5.76. The summed E-state index contributed by atoms with van der Waals surface area (Å²) in [5, 5.41) is 13.7. The number of phenols is 1. The first-order chi connectivity index (χ1) is 12.9. The van der Waals surface area contributed by atoms with E-state index in [9.17, 15) is 9.90 Å². The van der Waals surface area contributed by atoms with E-state index < -0.39 is 0 Å². The first kappa shape index (κ1) is 22.3. The molecule has 1 amide bonds. The number of aromatic hydroxyl groups is 1. The number of hydrogen-bond acceptors (Lipinski definition) is 4. The average molecular weight is 402 g/mol. The van der Waals surface area contributed by atoms with Gasteiger partial charge in [0, 0.05) is 29.0 Å². The van der Waals surface area contributed by atoms with E-state index in [0.717, 1.165) is 21.6 Å². The van der Waals surface area contributed by atoms with Crippen molar-refractivity contribution in [3.8, 4) is 5.75 Å². The van der Waals surface area contributed by atoms with E-state index in [1.165, 1.54) is 0 Å². The molecule has 0 aliphatic heterocycles. The second-order valence-electron chi connectivity index (χ2n) is 9.20. The van der Waals surface area contributed by atoms with Crippen LogP contribution in [0.1, 0.15) is 64.7 Å². The predicted molar refractivity (Wildman–Crippen MR) is 117 cm³/mol. The molecule has 152 valence electrons. The molecular weight excluding hydrogens is 370 g/mol. The predicted octanol–water partition coefficient (Wildman–Crippen LogP) is 6.12. The van der Waals surface area contributed by atoms with Crippen LogP contribution in [-0.4, -0.2) is 15.6 Å². The third-order valence-electron chi connectivity index (χ3n) is 4.67. The summed E-state index contributed by atoms with van der Waals surface area (Å²) in [5.41, 5.74) is 3.21. The van der Waals surface area contributed by atoms with Gasteiger partial charge in [0.15, 0.2) is 0 Å². The van der Waals surface area contributed by atoms with Crippen LogP contribution in [0.2, 0.25) is 0 Å². The van der Waals surface area contributed by atoms with Gasteiger partial charge in [-0.2, -0.15) is 0 Å². The van der Waals surface area contributed by atoms with E-state index in [1.54, 1.807) is 24.3 Å². The highest BCUT2D eigenvalue weighted by atomic mass is 32.2. The molecule has 28 heavy (non-hydrogen) atoms. The van der Waals surface area contributed by atoms with Gasteiger partial charge in [0.1, 0.15) is 5.75 Å². The van der Waals surface area contributed by atoms with Gasteiger partial charge >= 0.3 is 0 Å². The quantitative estimate of drug-likeness (QED) is 0.528. The molecule has 0 aliphatic rings. The second-order valence-corrected chi connectivity index (χ2v) is 9.86. The monoisotopic (exact) mass is 401 g/mol. The minimum atomic E-state index is -0.186. The number of hydrogen-bond donors (Lipinski definition) is 3. The molecule has 5 heteroatoms. The van der Waals surface area contributed by atoms with Crippen LogP contribution in [0.4, 0.5) is 5.69 Å². The Morgan fingerprint density at radius 3 is 1.89 bits per heavy atom. The van der Waals surface area contributed by atoms with Crippen molar-refractivity contribution in [1.29, 1.82) is 0 Å². The smallest absolute Gasteiger partial charge is 0.224 e. The van der Waals surface area contributed by atoms with Crippen LogP contribution in [0.15, 0.2) is 41.3 Å². The number of rotatable bonds is 5. The van der Waals surface area contributed by atoms with Gasteiger partial charge in [-0.1, -0.05) is 53.7 Å². The van der Waals surface area contributed by atoms with E-state index in [1.807, 2.05) is 12.1 Å². The van der Waals surface area contributed by atoms with Crippen LogP contribution in [0.3, 0.4) is 0 Å². The highest BCUT2D eigenvalue weighted by molar-refractivity contribution is 7.93. The zero-order valence-electron chi connectivity index (χ0n) is 17.6. The van der Waals surface area contributed by atoms with Gasteiger partial charge in [-0.05, 0) is 58.2 Å². The van der Waals surface area contributed by atoms with Crippen LogP contribution in [-0.2, 0) is 22.0 Å². The highest BCUT2D eigenvalue weighted by Crippen LogP contribution is 2.40. The summed E-state index contributed by atoms with van der Waals surface area (Å²) in [6.07, 6.45) is 0.956. The number of benzene rings is 2. The van der Waals surface area contributed by atoms with Gasteiger partial charge in [0.25, 0.3) is 0 Å². The summed E-state index contributed by atoms with van der Waals surface area (Å²) in [7, 11) is 0. The van der Waals surface area contributed by atoms with Crippen LogP contribution < -0.4 is 5.32 Å². The Morgan fingerprint density at radius 1 is 0.964 bits per heavy atom. The molecule has 0 bridgehead atoms. The van der Waals surface area contributed by atoms with Crippen LogP contribution in [0, 0.1) is 0 Å². The summed E-state index contributed by atoms with van der Waals surface area (Å²) in [5.74, 6) is 0.294. The molecule has 0 unspecified atom stereocenters. The van der Waals surface area contributed by atoms with E-state index in [0.29, 0.717) is 36.3 Å². The lowest BCUT2D eigenvalue weighted by molar-refractivity contribution is -0.116. The van der Waals surface area contributed by atoms with E-state index in [2.05, 4.69) is 46.9 Å². The maximum absolute atomic E-state index is 12.4. The van der Waals surface area contributed by atoms with Crippen LogP contribution >= 0.6 is 12.0 Å². The molecule has 0 saturated carbocycles. The topological polar surface area (TPSA) is 69.6 Å². The fourth-order valence-corrected chi connectivity index (χ4v) is 3.32. The molecule has 0 saturated heterocycles. The molecule has 2 aromatic rings. The van der Waals surface area contributed by atoms with Crippen molar-refractivity contribution >= 4 is 23.6 Å². The van der Waals surface area contributed by atoms with Gasteiger partial charge in [-0.3, -0.25) is 4.79 Å². The number of phenolic OH excluding ortho intramolecular Hbond substituents is 1. The van der Waals surface area contributed by atoms with Gasteiger partial charge in [0.05, 0.1) is 0 Å². The summed E-state index contributed by atoms with van der Waals surface area (Å²) in [6.45, 7) is 12.5. The molecule has 3 N–H and O–H groups in total. The first-order valence-electron chi connectivity index (χ1n) is 9.50. The normalized spacial score (nSPS) is 12.1. The van der Waals surface area contributed by atoms with Crippen molar-refractivity contribution in [3.63, 3.8) is 0 Å². The van der Waals surface area contributed by atoms with Crippen molar-refractivity contribution in [2.75, 3.05) is 5.32 Å². The molecule has 0 aromatic heterocycles. The number of carbonyl (C=O) groups is 1. The number of nitrogens with one attached hydrogen (secondary N) is 1. The summed E-state index contributed by atoms with van der Waals surface area (Å²) < 4.78 is 9.01. The molecule has 0 radical (unpaired) electrons. The largest absolute Gasteiger partial charge is 0.507 e. The lowest BCUT2D eigenvalue weighted by Gasteiger charge is -2.28. The standard InChI is InChI=1S/C23H31NO3S/c1-22(2,3)18-13-15(14-19(21(18)26)23(4,5)6)7-12-20(25)24-16-8-10-17(28-27)11-9-16/h8-11,13-14,26-27H,7,12H2,1-6H3,(H,24,25). The average Bonchev–Trinajstić information content (AvgIpc) is 2.59. The lowest BCUT2D eigenvalue weighted by atomic mass is 9.78. The van der Waals surface area contributed by atoms with Crippen molar-refractivity contribution in [3.05, 3.63) is 53.1 Å². The SMILES string of the molecule is CC(C)(C)c1cc(CCC(=O)Nc2ccc(SO)cc2)cc(C(C)(C)C)c1O. The lowest BCUT2D eigenvalue weighted by Crippen LogP contribution is -2.18. The fourth-order valence-electron chi connectivity index (χ4n) is 3.06. The van der Waals surface area contributed by atoms with Gasteiger partial charge in [-0.15, -0.1) is 0 Å². The Labute approximate surface area is 172 Å². The molecular formula is C23H31NO3S. The number of amides is 1. The Hall–Kier alpha value is -1.98. The van der Waals surface area contributed by atoms with Gasteiger partial charge < -0.3 is 15.0 Å². The Bertz CT molecular complexity index is 795. The van der Waals surface area contributed by atoms with E-state index >= 15 is 0 Å². The summed E-state index contributed by atoms with van der Waals surface area (Å²) in [6, 6.07) is 11.1. The maximum Gasteiger partial charge on any atom is 0.224 e. The number of carbonyl (C=O) groups excluding carboxylic acids is 1. The fraction of sp³-hybridized carbons (Fsp3) is 0.435. The Morgan fingerprint density at radius 2 is 1.46 bits per heavy atom. The molecule has 2 rings (SSSR count). The molecule has 0 aliphatic carbocycles. The third-order valence-corrected chi connectivity index (χ3v) is 5.15. The van der Waals surface area contributed by atoms with Crippen molar-refractivity contribution < 1.29 is 14.5 Å². The minimum absolute atomic E-state index is 0.0629. The highest BCUT2D eigenvalue weighted by Gasteiger charge is 2.26. The van der Waals surface area contributed by atoms with Crippen LogP contribution in [0.5, 0.6) is 5.75 Å². The summed E-state index contributed by atoms with van der Waals surface area (Å²) >= 11 is 0.678. The zero-order valence-corrected chi connectivity index (χ0v) is 18.4. The number of aryl methyl sites for hydroxylation is 1. The van der Waals surface area contributed by atoms with E-state index in [-0.39, 0.29) is 16.7 Å². The van der Waals surface area contributed by atoms with Crippen molar-refractivity contribution in [1.82, 2.24) is 0 Å².